The highest BCUT2D eigenvalue weighted by Crippen LogP contribution is 2.38. The van der Waals surface area contributed by atoms with Crippen LogP contribution in [0.2, 0.25) is 0 Å². The van der Waals surface area contributed by atoms with Crippen LogP contribution in [0, 0.1) is 6.92 Å². The van der Waals surface area contributed by atoms with E-state index in [2.05, 4.69) is 5.10 Å². The quantitative estimate of drug-likeness (QED) is 0.313. The van der Waals surface area contributed by atoms with Crippen molar-refractivity contribution in [3.05, 3.63) is 102 Å². The van der Waals surface area contributed by atoms with Crippen LogP contribution in [0.4, 0.5) is 5.69 Å². The Morgan fingerprint density at radius 2 is 1.58 bits per heavy atom. The first kappa shape index (κ1) is 23.2. The fourth-order valence-corrected chi connectivity index (χ4v) is 4.47. The lowest BCUT2D eigenvalue weighted by atomic mass is 10.0. The number of pyridine rings is 1. The van der Waals surface area contributed by atoms with Gasteiger partial charge in [-0.3, -0.25) is 9.59 Å². The van der Waals surface area contributed by atoms with Gasteiger partial charge in [0, 0.05) is 17.2 Å². The van der Waals surface area contributed by atoms with E-state index in [9.17, 15) is 14.7 Å². The molecule has 180 valence electrons. The van der Waals surface area contributed by atoms with Gasteiger partial charge in [-0.15, -0.1) is 0 Å². The first-order valence-corrected chi connectivity index (χ1v) is 12.0. The van der Waals surface area contributed by atoms with Crippen molar-refractivity contribution in [1.29, 1.82) is 0 Å². The van der Waals surface area contributed by atoms with Gasteiger partial charge in [0.2, 0.25) is 0 Å². The standard InChI is InChI=1S/C29H26N4O3/c1-4-20-10-9-17-31(18-20)26-25(27(34)32(29(26)36)21-15-13-19(3)14-16-21)24-23(5-2)30-33(28(24)35)22-11-7-6-8-12-22/h6-18H,4-5H2,1-3H3. The molecule has 7 nitrogen and oxygen atoms in total. The number of benzene rings is 2. The Kier molecular flexibility index (Phi) is 5.98. The lowest BCUT2D eigenvalue weighted by Crippen LogP contribution is -2.40. The van der Waals surface area contributed by atoms with Gasteiger partial charge in [0.25, 0.3) is 11.6 Å². The normalized spacial score (nSPS) is 13.7. The largest absolute Gasteiger partial charge is 0.858 e. The van der Waals surface area contributed by atoms with E-state index >= 15 is 0 Å². The maximum absolute atomic E-state index is 14.0. The van der Waals surface area contributed by atoms with Crippen molar-refractivity contribution < 1.29 is 19.3 Å². The van der Waals surface area contributed by atoms with Gasteiger partial charge < -0.3 is 5.11 Å². The van der Waals surface area contributed by atoms with Gasteiger partial charge in [-0.25, -0.2) is 9.58 Å². The third-order valence-electron chi connectivity index (χ3n) is 6.38. The van der Waals surface area contributed by atoms with E-state index in [-0.39, 0.29) is 16.8 Å². The Hall–Kier alpha value is -4.52. The summed E-state index contributed by atoms with van der Waals surface area (Å²) < 4.78 is 2.96. The maximum atomic E-state index is 14.0. The molecule has 0 spiro atoms. The third kappa shape index (κ3) is 3.79. The van der Waals surface area contributed by atoms with Gasteiger partial charge in [-0.1, -0.05) is 49.7 Å². The molecule has 36 heavy (non-hydrogen) atoms. The number of carbonyl (C=O) groups excluding carboxylic acids is 2. The molecule has 2 aromatic heterocycles. The van der Waals surface area contributed by atoms with Crippen LogP contribution in [0.3, 0.4) is 0 Å². The molecule has 0 radical (unpaired) electrons. The second-order valence-electron chi connectivity index (χ2n) is 8.71. The molecular formula is C29H26N4O3. The zero-order valence-electron chi connectivity index (χ0n) is 20.4. The van der Waals surface area contributed by atoms with Gasteiger partial charge in [-0.2, -0.15) is 9.67 Å². The van der Waals surface area contributed by atoms with E-state index in [1.54, 1.807) is 35.0 Å². The second kappa shape index (κ2) is 9.26. The second-order valence-corrected chi connectivity index (χ2v) is 8.71. The van der Waals surface area contributed by atoms with Crippen LogP contribution in [-0.2, 0) is 22.4 Å². The average molecular weight is 479 g/mol. The van der Waals surface area contributed by atoms with E-state index in [0.29, 0.717) is 23.5 Å². The Morgan fingerprint density at radius 1 is 0.861 bits per heavy atom. The molecule has 0 unspecified atom stereocenters. The minimum absolute atomic E-state index is 0.0721. The summed E-state index contributed by atoms with van der Waals surface area (Å²) in [5.74, 6) is -1.44. The van der Waals surface area contributed by atoms with Crippen molar-refractivity contribution >= 4 is 28.8 Å². The molecule has 1 aliphatic rings. The van der Waals surface area contributed by atoms with Crippen LogP contribution in [-0.4, -0.2) is 21.6 Å². The zero-order chi connectivity index (χ0) is 25.4. The molecule has 3 heterocycles. The van der Waals surface area contributed by atoms with E-state index < -0.39 is 17.7 Å². The van der Waals surface area contributed by atoms with Gasteiger partial charge in [0.1, 0.15) is 5.57 Å². The lowest BCUT2D eigenvalue weighted by molar-refractivity contribution is -0.577. The van der Waals surface area contributed by atoms with Crippen LogP contribution in [0.1, 0.15) is 36.2 Å². The van der Waals surface area contributed by atoms with E-state index in [4.69, 9.17) is 0 Å². The molecular weight excluding hydrogens is 452 g/mol. The maximum Gasteiger partial charge on any atom is 0.331 e. The first-order valence-electron chi connectivity index (χ1n) is 12.0. The highest BCUT2D eigenvalue weighted by atomic mass is 16.3. The van der Waals surface area contributed by atoms with Crippen LogP contribution < -0.4 is 14.6 Å². The summed E-state index contributed by atoms with van der Waals surface area (Å²) >= 11 is 0. The number of aromatic nitrogens is 3. The van der Waals surface area contributed by atoms with Crippen molar-refractivity contribution in [3.63, 3.8) is 0 Å². The minimum atomic E-state index is -0.535. The summed E-state index contributed by atoms with van der Waals surface area (Å²) in [4.78, 5) is 29.0. The number of rotatable bonds is 6. The molecule has 0 saturated carbocycles. The number of hydrogen-bond acceptors (Lipinski definition) is 4. The SMILES string of the molecule is CCc1ccc[n+](C2=C(c3c(CC)nn(-c4ccccc4)c3[O-])C(=O)N(c3ccc(C)cc3)C2=O)c1. The number of hydrogen-bond donors (Lipinski definition) is 0. The molecule has 7 heteroatoms. The molecule has 2 aromatic carbocycles. The first-order chi connectivity index (χ1) is 17.4. The predicted octanol–water partition coefficient (Wildman–Crippen LogP) is 3.61. The number of nitrogens with zero attached hydrogens (tertiary/aromatic N) is 4. The summed E-state index contributed by atoms with van der Waals surface area (Å²) in [6.07, 6.45) is 4.74. The average Bonchev–Trinajstić information content (AvgIpc) is 3.37. The minimum Gasteiger partial charge on any atom is -0.858 e. The Balaban J connectivity index is 1.77. The van der Waals surface area contributed by atoms with Gasteiger partial charge >= 0.3 is 5.91 Å². The van der Waals surface area contributed by atoms with E-state index in [0.717, 1.165) is 22.4 Å². The summed E-state index contributed by atoms with van der Waals surface area (Å²) in [7, 11) is 0. The number of anilines is 1. The van der Waals surface area contributed by atoms with Crippen molar-refractivity contribution in [3.8, 4) is 11.6 Å². The van der Waals surface area contributed by atoms with Crippen molar-refractivity contribution in [1.82, 2.24) is 9.78 Å². The van der Waals surface area contributed by atoms with Crippen molar-refractivity contribution in [2.24, 2.45) is 0 Å². The summed E-state index contributed by atoms with van der Waals surface area (Å²) in [5.41, 5.74) is 3.91. The number of carbonyl (C=O) groups is 2. The molecule has 0 atom stereocenters. The van der Waals surface area contributed by atoms with Gasteiger partial charge in [0.15, 0.2) is 12.4 Å². The fourth-order valence-electron chi connectivity index (χ4n) is 4.47. The predicted molar refractivity (Wildman–Crippen MR) is 135 cm³/mol. The van der Waals surface area contributed by atoms with Gasteiger partial charge in [0.05, 0.1) is 17.1 Å². The molecule has 0 N–H and O–H groups in total. The fraction of sp³-hybridized carbons (Fsp3) is 0.172. The molecule has 0 fully saturated rings. The molecule has 2 amide bonds. The summed E-state index contributed by atoms with van der Waals surface area (Å²) in [6.45, 7) is 5.84. The van der Waals surface area contributed by atoms with Crippen LogP contribution in [0.25, 0.3) is 17.0 Å². The molecule has 4 aromatic rings. The highest BCUT2D eigenvalue weighted by molar-refractivity contribution is 6.53. The van der Waals surface area contributed by atoms with E-state index in [1.807, 2.05) is 69.4 Å². The number of para-hydroxylation sites is 1. The smallest absolute Gasteiger partial charge is 0.331 e. The van der Waals surface area contributed by atoms with Crippen LogP contribution in [0.5, 0.6) is 5.88 Å². The summed E-state index contributed by atoms with van der Waals surface area (Å²) in [6, 6.07) is 20.0. The van der Waals surface area contributed by atoms with Crippen LogP contribution >= 0.6 is 0 Å². The monoisotopic (exact) mass is 478 g/mol. The lowest BCUT2D eigenvalue weighted by Gasteiger charge is -2.15. The molecule has 1 aliphatic heterocycles. The topological polar surface area (TPSA) is 82.1 Å². The van der Waals surface area contributed by atoms with Crippen molar-refractivity contribution in [2.45, 2.75) is 33.6 Å². The van der Waals surface area contributed by atoms with E-state index in [1.165, 1.54) is 4.68 Å². The third-order valence-corrected chi connectivity index (χ3v) is 6.38. The Morgan fingerprint density at radius 3 is 2.25 bits per heavy atom. The molecule has 0 aliphatic carbocycles. The van der Waals surface area contributed by atoms with Crippen LogP contribution in [0.15, 0.2) is 79.1 Å². The van der Waals surface area contributed by atoms with Crippen molar-refractivity contribution in [2.75, 3.05) is 4.90 Å². The Labute approximate surface area is 209 Å². The number of imide groups is 1. The number of aryl methyl sites for hydroxylation is 3. The molecule has 0 saturated heterocycles. The summed E-state index contributed by atoms with van der Waals surface area (Å²) in [5, 5.41) is 18.3. The Bertz CT molecular complexity index is 1500. The molecule has 5 rings (SSSR count). The highest BCUT2D eigenvalue weighted by Gasteiger charge is 2.47. The zero-order valence-corrected chi connectivity index (χ0v) is 20.4. The van der Waals surface area contributed by atoms with Gasteiger partial charge in [-0.05, 0) is 56.0 Å². The number of amides is 2. The molecule has 0 bridgehead atoms.